The molecule has 1 amide bonds. The summed E-state index contributed by atoms with van der Waals surface area (Å²) in [5.41, 5.74) is 6.44. The molecule has 1 rings (SSSR count). The van der Waals surface area contributed by atoms with Gasteiger partial charge in [-0.05, 0) is 24.6 Å². The Morgan fingerprint density at radius 3 is 2.32 bits per heavy atom. The molecule has 0 aliphatic rings. The first-order valence-electron chi connectivity index (χ1n) is 6.53. The van der Waals surface area contributed by atoms with Crippen molar-refractivity contribution in [3.63, 3.8) is 0 Å². The Hall–Kier alpha value is -1.42. The average molecular weight is 266 g/mol. The van der Waals surface area contributed by atoms with Crippen LogP contribution in [0.15, 0.2) is 24.3 Å². The van der Waals surface area contributed by atoms with Crippen LogP contribution in [0.1, 0.15) is 33.3 Å². The van der Waals surface area contributed by atoms with Gasteiger partial charge in [0.2, 0.25) is 5.91 Å². The van der Waals surface area contributed by atoms with Crippen LogP contribution in [0.25, 0.3) is 0 Å². The second-order valence-corrected chi connectivity index (χ2v) is 5.76. The lowest BCUT2D eigenvalue weighted by Crippen LogP contribution is -2.43. The molecule has 0 aliphatic heterocycles. The Bertz CT molecular complexity index is 426. The van der Waals surface area contributed by atoms with Crippen LogP contribution >= 0.6 is 0 Å². The van der Waals surface area contributed by atoms with Crippen molar-refractivity contribution >= 4 is 5.91 Å². The Balaban J connectivity index is 2.65. The highest BCUT2D eigenvalue weighted by Gasteiger charge is 2.23. The Morgan fingerprint density at radius 2 is 1.84 bits per heavy atom. The molecular weight excluding hydrogens is 243 g/mol. The third-order valence-corrected chi connectivity index (χ3v) is 3.53. The van der Waals surface area contributed by atoms with Crippen LogP contribution in [0.3, 0.4) is 0 Å². The normalized spacial score (nSPS) is 14.8. The Kier molecular flexibility index (Phi) is 5.06. The second kappa shape index (κ2) is 6.15. The summed E-state index contributed by atoms with van der Waals surface area (Å²) in [6, 6.07) is 6.19. The van der Waals surface area contributed by atoms with E-state index in [0.29, 0.717) is 6.54 Å². The molecule has 3 N–H and O–H groups in total. The summed E-state index contributed by atoms with van der Waals surface area (Å²) in [7, 11) is 0. The van der Waals surface area contributed by atoms with Crippen LogP contribution in [0.4, 0.5) is 4.39 Å². The predicted molar refractivity (Wildman–Crippen MR) is 75.2 cm³/mol. The molecule has 0 aliphatic carbocycles. The standard InChI is InChI=1S/C15H23FN2O/c1-10(11(2)17)14(19)18-9-15(3,4)12-5-7-13(16)8-6-12/h5-8,10-11H,9,17H2,1-4H3,(H,18,19). The van der Waals surface area contributed by atoms with Gasteiger partial charge in [-0.25, -0.2) is 4.39 Å². The fourth-order valence-corrected chi connectivity index (χ4v) is 1.71. The fraction of sp³-hybridized carbons (Fsp3) is 0.533. The highest BCUT2D eigenvalue weighted by Crippen LogP contribution is 2.22. The first-order valence-corrected chi connectivity index (χ1v) is 6.53. The lowest BCUT2D eigenvalue weighted by Gasteiger charge is -2.27. The van der Waals surface area contributed by atoms with Gasteiger partial charge in [0.25, 0.3) is 0 Å². The van der Waals surface area contributed by atoms with Gasteiger partial charge in [0.1, 0.15) is 5.82 Å². The zero-order valence-corrected chi connectivity index (χ0v) is 12.0. The van der Waals surface area contributed by atoms with Crippen LogP contribution < -0.4 is 11.1 Å². The number of hydrogen-bond donors (Lipinski definition) is 2. The van der Waals surface area contributed by atoms with Gasteiger partial charge in [0.15, 0.2) is 0 Å². The minimum atomic E-state index is -0.255. The van der Waals surface area contributed by atoms with Gasteiger partial charge in [0.05, 0.1) is 0 Å². The molecule has 0 bridgehead atoms. The SMILES string of the molecule is CC(N)C(C)C(=O)NCC(C)(C)c1ccc(F)cc1. The van der Waals surface area contributed by atoms with E-state index < -0.39 is 0 Å². The number of halogens is 1. The van der Waals surface area contributed by atoms with E-state index in [1.165, 1.54) is 12.1 Å². The molecule has 0 spiro atoms. The van der Waals surface area contributed by atoms with Gasteiger partial charge in [-0.3, -0.25) is 4.79 Å². The molecule has 2 atom stereocenters. The van der Waals surface area contributed by atoms with E-state index in [4.69, 9.17) is 5.73 Å². The lowest BCUT2D eigenvalue weighted by atomic mass is 9.84. The van der Waals surface area contributed by atoms with Crippen molar-refractivity contribution in [2.24, 2.45) is 11.7 Å². The Labute approximate surface area is 114 Å². The molecule has 1 aromatic rings. The van der Waals surface area contributed by atoms with Crippen molar-refractivity contribution in [1.82, 2.24) is 5.32 Å². The molecule has 0 saturated heterocycles. The number of carbonyl (C=O) groups is 1. The number of nitrogens with two attached hydrogens (primary N) is 1. The molecule has 19 heavy (non-hydrogen) atoms. The maximum absolute atomic E-state index is 12.9. The number of benzene rings is 1. The van der Waals surface area contributed by atoms with E-state index in [1.54, 1.807) is 12.1 Å². The van der Waals surface area contributed by atoms with E-state index in [9.17, 15) is 9.18 Å². The molecule has 3 nitrogen and oxygen atoms in total. The summed E-state index contributed by atoms with van der Waals surface area (Å²) in [4.78, 5) is 11.9. The molecular formula is C15H23FN2O. The summed E-state index contributed by atoms with van der Waals surface area (Å²) in [5, 5.41) is 2.90. The van der Waals surface area contributed by atoms with Gasteiger partial charge in [0, 0.05) is 23.9 Å². The van der Waals surface area contributed by atoms with Crippen molar-refractivity contribution in [3.05, 3.63) is 35.6 Å². The summed E-state index contributed by atoms with van der Waals surface area (Å²) >= 11 is 0. The first-order chi connectivity index (χ1) is 8.74. The molecule has 0 radical (unpaired) electrons. The second-order valence-electron chi connectivity index (χ2n) is 5.76. The van der Waals surface area contributed by atoms with E-state index in [1.807, 2.05) is 27.7 Å². The predicted octanol–water partition coefficient (Wildman–Crippen LogP) is 2.20. The Morgan fingerprint density at radius 1 is 1.32 bits per heavy atom. The highest BCUT2D eigenvalue weighted by atomic mass is 19.1. The fourth-order valence-electron chi connectivity index (χ4n) is 1.71. The quantitative estimate of drug-likeness (QED) is 0.858. The van der Waals surface area contributed by atoms with Gasteiger partial charge in [-0.1, -0.05) is 32.9 Å². The summed E-state index contributed by atoms with van der Waals surface area (Å²) in [6.45, 7) is 8.14. The molecule has 0 saturated carbocycles. The van der Waals surface area contributed by atoms with E-state index >= 15 is 0 Å². The largest absolute Gasteiger partial charge is 0.355 e. The zero-order valence-electron chi connectivity index (χ0n) is 12.0. The maximum atomic E-state index is 12.9. The molecule has 0 aromatic heterocycles. The van der Waals surface area contributed by atoms with Crippen LogP contribution in [-0.4, -0.2) is 18.5 Å². The smallest absolute Gasteiger partial charge is 0.224 e. The molecule has 1 aromatic carbocycles. The van der Waals surface area contributed by atoms with Crippen molar-refractivity contribution in [3.8, 4) is 0 Å². The minimum Gasteiger partial charge on any atom is -0.355 e. The third kappa shape index (κ3) is 4.31. The topological polar surface area (TPSA) is 55.1 Å². The van der Waals surface area contributed by atoms with E-state index in [0.717, 1.165) is 5.56 Å². The number of carbonyl (C=O) groups excluding carboxylic acids is 1. The molecule has 0 fully saturated rings. The van der Waals surface area contributed by atoms with E-state index in [-0.39, 0.29) is 29.1 Å². The lowest BCUT2D eigenvalue weighted by molar-refractivity contribution is -0.125. The van der Waals surface area contributed by atoms with Gasteiger partial charge < -0.3 is 11.1 Å². The minimum absolute atomic E-state index is 0.0508. The highest BCUT2D eigenvalue weighted by molar-refractivity contribution is 5.79. The molecule has 2 unspecified atom stereocenters. The average Bonchev–Trinajstić information content (AvgIpc) is 2.35. The van der Waals surface area contributed by atoms with Gasteiger partial charge in [-0.15, -0.1) is 0 Å². The van der Waals surface area contributed by atoms with Crippen molar-refractivity contribution in [2.45, 2.75) is 39.2 Å². The monoisotopic (exact) mass is 266 g/mol. The zero-order chi connectivity index (χ0) is 14.6. The van der Waals surface area contributed by atoms with Crippen molar-refractivity contribution < 1.29 is 9.18 Å². The van der Waals surface area contributed by atoms with E-state index in [2.05, 4.69) is 5.32 Å². The van der Waals surface area contributed by atoms with Crippen LogP contribution in [0, 0.1) is 11.7 Å². The van der Waals surface area contributed by atoms with Crippen molar-refractivity contribution in [1.29, 1.82) is 0 Å². The van der Waals surface area contributed by atoms with Crippen LogP contribution in [0.2, 0.25) is 0 Å². The molecule has 0 heterocycles. The summed E-state index contributed by atoms with van der Waals surface area (Å²) in [5.74, 6) is -0.525. The number of rotatable bonds is 5. The number of nitrogens with one attached hydrogen (secondary N) is 1. The van der Waals surface area contributed by atoms with Crippen LogP contribution in [0.5, 0.6) is 0 Å². The number of amides is 1. The van der Waals surface area contributed by atoms with Crippen molar-refractivity contribution in [2.75, 3.05) is 6.54 Å². The van der Waals surface area contributed by atoms with Gasteiger partial charge >= 0.3 is 0 Å². The van der Waals surface area contributed by atoms with Gasteiger partial charge in [-0.2, -0.15) is 0 Å². The summed E-state index contributed by atoms with van der Waals surface area (Å²) in [6.07, 6.45) is 0. The maximum Gasteiger partial charge on any atom is 0.224 e. The van der Waals surface area contributed by atoms with Crippen LogP contribution in [-0.2, 0) is 10.2 Å². The first kappa shape index (κ1) is 15.6. The third-order valence-electron chi connectivity index (χ3n) is 3.53. The number of hydrogen-bond acceptors (Lipinski definition) is 2. The molecule has 106 valence electrons. The summed E-state index contributed by atoms with van der Waals surface area (Å²) < 4.78 is 12.9. The molecule has 4 heteroatoms.